The Kier molecular flexibility index (Phi) is 7.20. The van der Waals surface area contributed by atoms with Crippen LogP contribution in [0, 0.1) is 0 Å². The second-order valence-corrected chi connectivity index (χ2v) is 9.04. The van der Waals surface area contributed by atoms with Gasteiger partial charge in [0.25, 0.3) is 0 Å². The number of hydrogen-bond donors (Lipinski definition) is 1. The Morgan fingerprint density at radius 2 is 1.72 bits per heavy atom. The summed E-state index contributed by atoms with van der Waals surface area (Å²) in [7, 11) is -3.44. The number of rotatable bonds is 8. The minimum atomic E-state index is -3.44. The third-order valence-corrected chi connectivity index (χ3v) is 6.15. The quantitative estimate of drug-likeness (QED) is 0.702. The van der Waals surface area contributed by atoms with Crippen molar-refractivity contribution in [3.8, 4) is 0 Å². The SMILES string of the molecule is C[C@@H](CCc1ccccc1)NC(=O)CCS(=O)(=O)c1ccc(Br)cc1. The van der Waals surface area contributed by atoms with Crippen LogP contribution in [-0.2, 0) is 21.1 Å². The Morgan fingerprint density at radius 3 is 2.36 bits per heavy atom. The van der Waals surface area contributed by atoms with Crippen molar-refractivity contribution >= 4 is 31.7 Å². The number of carbonyl (C=O) groups excluding carboxylic acids is 1. The fraction of sp³-hybridized carbons (Fsp3) is 0.316. The van der Waals surface area contributed by atoms with Crippen LogP contribution in [0.25, 0.3) is 0 Å². The molecule has 2 aromatic carbocycles. The summed E-state index contributed by atoms with van der Waals surface area (Å²) in [4.78, 5) is 12.3. The Hall–Kier alpha value is -1.66. The van der Waals surface area contributed by atoms with Gasteiger partial charge < -0.3 is 5.32 Å². The van der Waals surface area contributed by atoms with Crippen LogP contribution in [0.4, 0.5) is 0 Å². The van der Waals surface area contributed by atoms with Gasteiger partial charge in [-0.2, -0.15) is 0 Å². The standard InChI is InChI=1S/C19H22BrNO3S/c1-15(7-8-16-5-3-2-4-6-16)21-19(22)13-14-25(23,24)18-11-9-17(20)10-12-18/h2-6,9-12,15H,7-8,13-14H2,1H3,(H,21,22)/t15-/m0/s1. The molecular weight excluding hydrogens is 402 g/mol. The van der Waals surface area contributed by atoms with Crippen LogP contribution in [0.3, 0.4) is 0 Å². The van der Waals surface area contributed by atoms with Gasteiger partial charge in [-0.05, 0) is 49.6 Å². The molecule has 4 nitrogen and oxygen atoms in total. The molecule has 0 unspecified atom stereocenters. The molecule has 0 saturated carbocycles. The van der Waals surface area contributed by atoms with Crippen LogP contribution >= 0.6 is 15.9 Å². The molecule has 0 spiro atoms. The molecule has 0 saturated heterocycles. The minimum Gasteiger partial charge on any atom is -0.354 e. The highest BCUT2D eigenvalue weighted by atomic mass is 79.9. The van der Waals surface area contributed by atoms with Crippen molar-refractivity contribution in [3.05, 3.63) is 64.6 Å². The molecule has 1 N–H and O–H groups in total. The van der Waals surface area contributed by atoms with Gasteiger partial charge in [0.15, 0.2) is 9.84 Å². The number of carbonyl (C=O) groups is 1. The van der Waals surface area contributed by atoms with Crippen molar-refractivity contribution in [2.24, 2.45) is 0 Å². The first kappa shape index (κ1) is 19.7. The van der Waals surface area contributed by atoms with Gasteiger partial charge in [0.1, 0.15) is 0 Å². The van der Waals surface area contributed by atoms with E-state index in [0.717, 1.165) is 17.3 Å². The van der Waals surface area contributed by atoms with Gasteiger partial charge in [-0.1, -0.05) is 46.3 Å². The molecule has 1 atom stereocenters. The van der Waals surface area contributed by atoms with E-state index in [1.54, 1.807) is 24.3 Å². The lowest BCUT2D eigenvalue weighted by atomic mass is 10.1. The molecular formula is C19H22BrNO3S. The highest BCUT2D eigenvalue weighted by Gasteiger charge is 2.17. The van der Waals surface area contributed by atoms with E-state index in [1.165, 1.54) is 5.56 Å². The maximum atomic E-state index is 12.2. The topological polar surface area (TPSA) is 63.2 Å². The number of benzene rings is 2. The molecule has 0 aliphatic heterocycles. The minimum absolute atomic E-state index is 0.00286. The van der Waals surface area contributed by atoms with Crippen LogP contribution in [0.5, 0.6) is 0 Å². The summed E-state index contributed by atoms with van der Waals surface area (Å²) >= 11 is 3.27. The molecule has 2 rings (SSSR count). The van der Waals surface area contributed by atoms with Gasteiger partial charge in [0, 0.05) is 16.9 Å². The zero-order valence-corrected chi connectivity index (χ0v) is 16.5. The molecule has 0 aromatic heterocycles. The third-order valence-electron chi connectivity index (χ3n) is 3.89. The summed E-state index contributed by atoms with van der Waals surface area (Å²) in [6, 6.07) is 16.5. The predicted octanol–water partition coefficient (Wildman–Crippen LogP) is 3.75. The van der Waals surface area contributed by atoms with E-state index in [1.807, 2.05) is 25.1 Å². The maximum absolute atomic E-state index is 12.2. The smallest absolute Gasteiger partial charge is 0.221 e. The second kappa shape index (κ2) is 9.15. The van der Waals surface area contributed by atoms with Crippen molar-refractivity contribution in [1.82, 2.24) is 5.32 Å². The Labute approximate surface area is 157 Å². The largest absolute Gasteiger partial charge is 0.354 e. The van der Waals surface area contributed by atoms with Gasteiger partial charge in [-0.3, -0.25) is 4.79 Å². The van der Waals surface area contributed by atoms with Crippen LogP contribution in [0.15, 0.2) is 64.0 Å². The summed E-state index contributed by atoms with van der Waals surface area (Å²) in [6.45, 7) is 1.93. The molecule has 0 aliphatic carbocycles. The van der Waals surface area contributed by atoms with E-state index in [9.17, 15) is 13.2 Å². The molecule has 2 aromatic rings. The lowest BCUT2D eigenvalue weighted by molar-refractivity contribution is -0.121. The van der Waals surface area contributed by atoms with E-state index in [0.29, 0.717) is 0 Å². The van der Waals surface area contributed by atoms with Crippen molar-refractivity contribution in [1.29, 1.82) is 0 Å². The van der Waals surface area contributed by atoms with E-state index in [4.69, 9.17) is 0 Å². The monoisotopic (exact) mass is 423 g/mol. The molecule has 25 heavy (non-hydrogen) atoms. The van der Waals surface area contributed by atoms with Crippen LogP contribution in [0.2, 0.25) is 0 Å². The predicted molar refractivity (Wildman–Crippen MR) is 103 cm³/mol. The maximum Gasteiger partial charge on any atom is 0.221 e. The number of nitrogens with one attached hydrogen (secondary N) is 1. The Morgan fingerprint density at radius 1 is 1.08 bits per heavy atom. The molecule has 0 radical (unpaired) electrons. The first-order chi connectivity index (χ1) is 11.9. The van der Waals surface area contributed by atoms with E-state index >= 15 is 0 Å². The molecule has 0 heterocycles. The average Bonchev–Trinajstić information content (AvgIpc) is 2.60. The lowest BCUT2D eigenvalue weighted by Gasteiger charge is -2.14. The summed E-state index contributed by atoms with van der Waals surface area (Å²) in [5.74, 6) is -0.424. The van der Waals surface area contributed by atoms with E-state index in [2.05, 4.69) is 33.4 Å². The van der Waals surface area contributed by atoms with Gasteiger partial charge in [0.2, 0.25) is 5.91 Å². The summed E-state index contributed by atoms with van der Waals surface area (Å²) < 4.78 is 25.3. The van der Waals surface area contributed by atoms with Gasteiger partial charge >= 0.3 is 0 Å². The molecule has 6 heteroatoms. The third kappa shape index (κ3) is 6.63. The van der Waals surface area contributed by atoms with Crippen LogP contribution < -0.4 is 5.32 Å². The lowest BCUT2D eigenvalue weighted by Crippen LogP contribution is -2.33. The first-order valence-corrected chi connectivity index (χ1v) is 10.6. The molecule has 1 amide bonds. The van der Waals surface area contributed by atoms with Crippen molar-refractivity contribution < 1.29 is 13.2 Å². The van der Waals surface area contributed by atoms with Crippen molar-refractivity contribution in [2.75, 3.05) is 5.75 Å². The van der Waals surface area contributed by atoms with Crippen molar-refractivity contribution in [2.45, 2.75) is 37.1 Å². The number of hydrogen-bond acceptors (Lipinski definition) is 3. The highest BCUT2D eigenvalue weighted by Crippen LogP contribution is 2.16. The second-order valence-electron chi connectivity index (χ2n) is 6.02. The summed E-state index contributed by atoms with van der Waals surface area (Å²) in [5.41, 5.74) is 1.22. The summed E-state index contributed by atoms with van der Waals surface area (Å²) in [5, 5.41) is 2.87. The number of sulfone groups is 1. The molecule has 0 fully saturated rings. The van der Waals surface area contributed by atoms with Crippen LogP contribution in [-0.4, -0.2) is 26.1 Å². The molecule has 0 bridgehead atoms. The number of amides is 1. The van der Waals surface area contributed by atoms with E-state index < -0.39 is 9.84 Å². The fourth-order valence-electron chi connectivity index (χ4n) is 2.43. The Bertz CT molecular complexity index is 789. The highest BCUT2D eigenvalue weighted by molar-refractivity contribution is 9.10. The molecule has 134 valence electrons. The van der Waals surface area contributed by atoms with E-state index in [-0.39, 0.29) is 29.0 Å². The first-order valence-electron chi connectivity index (χ1n) is 8.18. The summed E-state index contributed by atoms with van der Waals surface area (Å²) in [6.07, 6.45) is 1.66. The fourth-order valence-corrected chi connectivity index (χ4v) is 3.94. The normalized spacial score (nSPS) is 12.6. The Balaban J connectivity index is 1.78. The van der Waals surface area contributed by atoms with Gasteiger partial charge in [0.05, 0.1) is 10.6 Å². The zero-order chi connectivity index (χ0) is 18.3. The number of halogens is 1. The number of aryl methyl sites for hydroxylation is 1. The van der Waals surface area contributed by atoms with Crippen molar-refractivity contribution in [3.63, 3.8) is 0 Å². The van der Waals surface area contributed by atoms with Crippen LogP contribution in [0.1, 0.15) is 25.3 Å². The van der Waals surface area contributed by atoms with Gasteiger partial charge in [-0.15, -0.1) is 0 Å². The average molecular weight is 424 g/mol. The molecule has 0 aliphatic rings. The zero-order valence-electron chi connectivity index (χ0n) is 14.1. The van der Waals surface area contributed by atoms with Gasteiger partial charge in [-0.25, -0.2) is 8.42 Å².